The average molecular weight is 789 g/mol. The highest BCUT2D eigenvalue weighted by atomic mass is 15.0. The van der Waals surface area contributed by atoms with Crippen LogP contribution in [-0.2, 0) is 0 Å². The van der Waals surface area contributed by atoms with Gasteiger partial charge in [0.15, 0.2) is 0 Å². The summed E-state index contributed by atoms with van der Waals surface area (Å²) in [6.45, 7) is 0. The molecule has 0 radical (unpaired) electrons. The maximum Gasteiger partial charge on any atom is 0.0541 e. The molecule has 12 rings (SSSR count). The van der Waals surface area contributed by atoms with Gasteiger partial charge in [0.2, 0.25) is 0 Å². The Hall–Kier alpha value is -8.20. The van der Waals surface area contributed by atoms with E-state index in [1.807, 2.05) is 0 Å². The highest BCUT2D eigenvalue weighted by Gasteiger charge is 2.18. The van der Waals surface area contributed by atoms with Crippen molar-refractivity contribution >= 4 is 43.6 Å². The molecule has 10 aromatic carbocycles. The molecule has 2 nitrogen and oxygen atoms in total. The summed E-state index contributed by atoms with van der Waals surface area (Å²) < 4.78 is 4.85. The second-order valence-corrected chi connectivity index (χ2v) is 16.1. The van der Waals surface area contributed by atoms with Gasteiger partial charge in [-0.15, -0.1) is 0 Å². The molecule has 0 fully saturated rings. The molecule has 2 heterocycles. The van der Waals surface area contributed by atoms with Crippen molar-refractivity contribution in [2.75, 3.05) is 0 Å². The van der Waals surface area contributed by atoms with Gasteiger partial charge in [-0.3, -0.25) is 0 Å². The number of aromatic nitrogens is 2. The van der Waals surface area contributed by atoms with Gasteiger partial charge in [-0.05, 0) is 111 Å². The zero-order valence-corrected chi connectivity index (χ0v) is 34.0. The first-order valence-corrected chi connectivity index (χ1v) is 21.3. The van der Waals surface area contributed by atoms with Gasteiger partial charge in [-0.1, -0.05) is 182 Å². The monoisotopic (exact) mass is 788 g/mol. The molecule has 0 atom stereocenters. The van der Waals surface area contributed by atoms with Gasteiger partial charge >= 0.3 is 0 Å². The third-order valence-corrected chi connectivity index (χ3v) is 12.6. The first-order chi connectivity index (χ1) is 30.7. The normalized spacial score (nSPS) is 11.5. The van der Waals surface area contributed by atoms with Crippen molar-refractivity contribution in [3.05, 3.63) is 243 Å². The van der Waals surface area contributed by atoms with Crippen LogP contribution >= 0.6 is 0 Å². The smallest absolute Gasteiger partial charge is 0.0541 e. The van der Waals surface area contributed by atoms with E-state index in [-0.39, 0.29) is 0 Å². The summed E-state index contributed by atoms with van der Waals surface area (Å²) in [6, 6.07) is 88.3. The first-order valence-electron chi connectivity index (χ1n) is 21.3. The van der Waals surface area contributed by atoms with Crippen molar-refractivity contribution in [2.45, 2.75) is 0 Å². The molecule has 2 heteroatoms. The minimum atomic E-state index is 1.15. The molecule has 62 heavy (non-hydrogen) atoms. The van der Waals surface area contributed by atoms with E-state index in [0.29, 0.717) is 0 Å². The zero-order valence-electron chi connectivity index (χ0n) is 34.0. The van der Waals surface area contributed by atoms with Crippen LogP contribution in [0.2, 0.25) is 0 Å². The van der Waals surface area contributed by atoms with E-state index in [2.05, 4.69) is 252 Å². The third-order valence-electron chi connectivity index (χ3n) is 12.6. The number of rotatable bonds is 7. The van der Waals surface area contributed by atoms with Gasteiger partial charge in [-0.25, -0.2) is 0 Å². The lowest BCUT2D eigenvalue weighted by Gasteiger charge is -2.14. The summed E-state index contributed by atoms with van der Waals surface area (Å²) in [6.07, 6.45) is 0. The fraction of sp³-hybridized carbons (Fsp3) is 0. The Morgan fingerprint density at radius 2 is 0.597 bits per heavy atom. The van der Waals surface area contributed by atoms with Gasteiger partial charge in [0, 0.05) is 32.8 Å². The average Bonchev–Trinajstić information content (AvgIpc) is 3.87. The van der Waals surface area contributed by atoms with Crippen molar-refractivity contribution in [1.29, 1.82) is 0 Å². The van der Waals surface area contributed by atoms with Crippen molar-refractivity contribution in [1.82, 2.24) is 9.13 Å². The standard InChI is InChI=1S/C60H40N2/c1-3-14-41(15-4-1)43-26-28-45(29-27-43)51-20-7-10-23-56(51)62-58-25-12-9-22-53(58)55-40-49(33-37-60(55)62)48-32-36-59-54(39-48)52-21-8-11-24-57(52)61(59)50-34-30-44(31-35-50)47-19-13-18-46(38-47)42-16-5-2-6-17-42/h1-40H. The zero-order chi connectivity index (χ0) is 41.0. The van der Waals surface area contributed by atoms with Crippen LogP contribution in [-0.4, -0.2) is 9.13 Å². The van der Waals surface area contributed by atoms with Gasteiger partial charge < -0.3 is 9.13 Å². The van der Waals surface area contributed by atoms with Crippen molar-refractivity contribution in [2.24, 2.45) is 0 Å². The minimum Gasteiger partial charge on any atom is -0.309 e. The lowest BCUT2D eigenvalue weighted by atomic mass is 9.99. The van der Waals surface area contributed by atoms with E-state index >= 15 is 0 Å². The van der Waals surface area contributed by atoms with Crippen LogP contribution in [0.1, 0.15) is 0 Å². The van der Waals surface area contributed by atoms with Crippen LogP contribution < -0.4 is 0 Å². The van der Waals surface area contributed by atoms with E-state index in [0.717, 1.165) is 5.69 Å². The molecule has 0 aliphatic heterocycles. The highest BCUT2D eigenvalue weighted by Crippen LogP contribution is 2.40. The Labute approximate surface area is 360 Å². The lowest BCUT2D eigenvalue weighted by Crippen LogP contribution is -1.97. The Bertz CT molecular complexity index is 3590. The number of hydrogen-bond donors (Lipinski definition) is 0. The highest BCUT2D eigenvalue weighted by molar-refractivity contribution is 6.13. The second kappa shape index (κ2) is 14.8. The SMILES string of the molecule is c1ccc(-c2ccc(-c3ccccc3-n3c4ccccc4c4cc(-c5ccc6c(c5)c5ccccc5n6-c5ccc(-c6cccc(-c7ccccc7)c6)cc5)ccc43)cc2)cc1. The Morgan fingerprint density at radius 3 is 1.23 bits per heavy atom. The minimum absolute atomic E-state index is 1.15. The van der Waals surface area contributed by atoms with E-state index in [1.165, 1.54) is 105 Å². The number of fused-ring (bicyclic) bond motifs is 6. The van der Waals surface area contributed by atoms with Crippen LogP contribution in [0, 0.1) is 0 Å². The molecular weight excluding hydrogens is 749 g/mol. The van der Waals surface area contributed by atoms with Crippen molar-refractivity contribution in [3.8, 4) is 67.0 Å². The summed E-state index contributed by atoms with van der Waals surface area (Å²) in [5.41, 5.74) is 19.2. The molecule has 0 N–H and O–H groups in total. The van der Waals surface area contributed by atoms with Crippen molar-refractivity contribution < 1.29 is 0 Å². The molecule has 0 amide bonds. The number of para-hydroxylation sites is 3. The van der Waals surface area contributed by atoms with Gasteiger partial charge in [0.1, 0.15) is 0 Å². The van der Waals surface area contributed by atoms with Crippen LogP contribution in [0.25, 0.3) is 111 Å². The topological polar surface area (TPSA) is 9.86 Å². The van der Waals surface area contributed by atoms with Crippen LogP contribution in [0.4, 0.5) is 0 Å². The molecular formula is C60H40N2. The fourth-order valence-corrected chi connectivity index (χ4v) is 9.54. The van der Waals surface area contributed by atoms with Crippen LogP contribution in [0.3, 0.4) is 0 Å². The molecule has 0 unspecified atom stereocenters. The van der Waals surface area contributed by atoms with Crippen LogP contribution in [0.5, 0.6) is 0 Å². The van der Waals surface area contributed by atoms with E-state index in [9.17, 15) is 0 Å². The van der Waals surface area contributed by atoms with Gasteiger partial charge in [0.25, 0.3) is 0 Å². The molecule has 0 bridgehead atoms. The number of nitrogens with zero attached hydrogens (tertiary/aromatic N) is 2. The summed E-state index contributed by atoms with van der Waals surface area (Å²) in [7, 11) is 0. The van der Waals surface area contributed by atoms with E-state index < -0.39 is 0 Å². The number of benzene rings is 10. The van der Waals surface area contributed by atoms with Gasteiger partial charge in [0.05, 0.1) is 27.8 Å². The maximum atomic E-state index is 2.44. The largest absolute Gasteiger partial charge is 0.309 e. The second-order valence-electron chi connectivity index (χ2n) is 16.1. The van der Waals surface area contributed by atoms with Crippen molar-refractivity contribution in [3.63, 3.8) is 0 Å². The summed E-state index contributed by atoms with van der Waals surface area (Å²) in [4.78, 5) is 0. The molecule has 0 aliphatic rings. The molecule has 290 valence electrons. The summed E-state index contributed by atoms with van der Waals surface area (Å²) in [5.74, 6) is 0. The predicted molar refractivity (Wildman–Crippen MR) is 262 cm³/mol. The van der Waals surface area contributed by atoms with E-state index in [1.54, 1.807) is 0 Å². The molecule has 0 saturated heterocycles. The molecule has 2 aromatic heterocycles. The van der Waals surface area contributed by atoms with E-state index in [4.69, 9.17) is 0 Å². The summed E-state index contributed by atoms with van der Waals surface area (Å²) in [5, 5.41) is 4.97. The summed E-state index contributed by atoms with van der Waals surface area (Å²) >= 11 is 0. The Kier molecular flexibility index (Phi) is 8.53. The Balaban J connectivity index is 0.929. The third kappa shape index (κ3) is 6.04. The lowest BCUT2D eigenvalue weighted by molar-refractivity contribution is 1.18. The molecule has 0 saturated carbocycles. The first kappa shape index (κ1) is 35.7. The fourth-order valence-electron chi connectivity index (χ4n) is 9.54. The number of hydrogen-bond acceptors (Lipinski definition) is 0. The maximum absolute atomic E-state index is 2.44. The van der Waals surface area contributed by atoms with Crippen LogP contribution in [0.15, 0.2) is 243 Å². The molecule has 12 aromatic rings. The Morgan fingerprint density at radius 1 is 0.210 bits per heavy atom. The molecule has 0 spiro atoms. The predicted octanol–water partition coefficient (Wildman–Crippen LogP) is 16.2. The quantitative estimate of drug-likeness (QED) is 0.152. The molecule has 0 aliphatic carbocycles. The van der Waals surface area contributed by atoms with Gasteiger partial charge in [-0.2, -0.15) is 0 Å².